The van der Waals surface area contributed by atoms with Crippen molar-refractivity contribution in [1.82, 2.24) is 34.3 Å². The Balaban J connectivity index is 1.48. The van der Waals surface area contributed by atoms with Gasteiger partial charge in [-0.15, -0.1) is 5.10 Å². The predicted octanol–water partition coefficient (Wildman–Crippen LogP) is 5.27. The van der Waals surface area contributed by atoms with Gasteiger partial charge in [0, 0.05) is 18.0 Å². The number of hydrogen-bond donors (Lipinski definition) is 0. The number of pyridine rings is 1. The Bertz CT molecular complexity index is 1720. The van der Waals surface area contributed by atoms with E-state index in [-0.39, 0.29) is 5.92 Å². The fourth-order valence-corrected chi connectivity index (χ4v) is 4.83. The maximum absolute atomic E-state index is 6.46. The predicted molar refractivity (Wildman–Crippen MR) is 135 cm³/mol. The summed E-state index contributed by atoms with van der Waals surface area (Å²) in [4.78, 5) is 14.0. The Labute approximate surface area is 206 Å². The Morgan fingerprint density at radius 3 is 2.47 bits per heavy atom. The Hall–Kier alpha value is -4.85. The van der Waals surface area contributed by atoms with E-state index in [1.165, 1.54) is 5.56 Å². The molecule has 6 aromatic rings. The second-order valence-corrected chi connectivity index (χ2v) is 8.91. The summed E-state index contributed by atoms with van der Waals surface area (Å²) in [6, 6.07) is 22.2. The molecule has 174 valence electrons. The summed E-state index contributed by atoms with van der Waals surface area (Å²) in [6.45, 7) is 4.07. The van der Waals surface area contributed by atoms with Gasteiger partial charge in [-0.25, -0.2) is 19.2 Å². The van der Waals surface area contributed by atoms with E-state index in [4.69, 9.17) is 19.9 Å². The molecule has 0 N–H and O–H groups in total. The molecule has 0 spiro atoms. The number of para-hydroxylation sites is 1. The van der Waals surface area contributed by atoms with Crippen molar-refractivity contribution in [2.45, 2.75) is 19.8 Å². The van der Waals surface area contributed by atoms with Crippen LogP contribution in [0.15, 0.2) is 85.5 Å². The molecule has 0 saturated carbocycles. The van der Waals surface area contributed by atoms with Crippen LogP contribution in [0.2, 0.25) is 0 Å². The number of nitrogens with zero attached hydrogens (tertiary/aromatic N) is 7. The second kappa shape index (κ2) is 7.84. The van der Waals surface area contributed by atoms with E-state index < -0.39 is 0 Å². The largest absolute Gasteiger partial charge is 0.420 e. The highest BCUT2D eigenvalue weighted by Crippen LogP contribution is 2.49. The summed E-state index contributed by atoms with van der Waals surface area (Å²) in [5.74, 6) is 1.55. The van der Waals surface area contributed by atoms with Crippen LogP contribution in [0.4, 0.5) is 0 Å². The van der Waals surface area contributed by atoms with Crippen LogP contribution in [0, 0.1) is 13.8 Å². The van der Waals surface area contributed by atoms with Crippen molar-refractivity contribution in [3.63, 3.8) is 0 Å². The smallest absolute Gasteiger partial charge is 0.230 e. The summed E-state index contributed by atoms with van der Waals surface area (Å²) in [5, 5.41) is 9.59. The lowest BCUT2D eigenvalue weighted by Crippen LogP contribution is -2.16. The number of hydrogen-bond acceptors (Lipinski definition) is 6. The van der Waals surface area contributed by atoms with E-state index in [1.54, 1.807) is 17.0 Å². The number of aromatic nitrogens is 7. The normalized spacial score (nSPS) is 14.3. The van der Waals surface area contributed by atoms with Crippen LogP contribution in [0.25, 0.3) is 22.7 Å². The zero-order chi connectivity index (χ0) is 24.2. The van der Waals surface area contributed by atoms with Crippen LogP contribution in [0.5, 0.6) is 11.8 Å². The highest BCUT2D eigenvalue weighted by molar-refractivity contribution is 5.68. The van der Waals surface area contributed by atoms with Gasteiger partial charge in [0.05, 0.1) is 28.4 Å². The average molecular weight is 472 g/mol. The lowest BCUT2D eigenvalue weighted by molar-refractivity contribution is 0.402. The second-order valence-electron chi connectivity index (χ2n) is 8.91. The van der Waals surface area contributed by atoms with Gasteiger partial charge in [0.1, 0.15) is 6.33 Å². The molecule has 1 aliphatic heterocycles. The maximum atomic E-state index is 6.46. The van der Waals surface area contributed by atoms with Gasteiger partial charge in [0.25, 0.3) is 0 Å². The molecule has 5 heterocycles. The summed E-state index contributed by atoms with van der Waals surface area (Å²) in [5.41, 5.74) is 7.44. The number of benzene rings is 2. The fourth-order valence-electron chi connectivity index (χ4n) is 4.83. The van der Waals surface area contributed by atoms with Crippen molar-refractivity contribution < 1.29 is 4.74 Å². The number of fused-ring (bicyclic) bond motifs is 4. The number of rotatable bonds is 3. The zero-order valence-corrected chi connectivity index (χ0v) is 19.7. The Morgan fingerprint density at radius 1 is 0.861 bits per heavy atom. The first-order valence-corrected chi connectivity index (χ1v) is 11.7. The molecule has 4 aromatic heterocycles. The molecule has 2 aromatic carbocycles. The van der Waals surface area contributed by atoms with Gasteiger partial charge in [-0.2, -0.15) is 5.10 Å². The van der Waals surface area contributed by atoms with Crippen LogP contribution in [0.3, 0.4) is 0 Å². The molecule has 0 aliphatic carbocycles. The molecular formula is C28H21N7O. The SMILES string of the molecule is Cc1ccc(-c2nc3c4c(ncn3n2)Oc2c(c(C)nn2-c2ccccc2)[C@@H]4c2cccnc2)cc1. The van der Waals surface area contributed by atoms with Gasteiger partial charge in [0.15, 0.2) is 11.5 Å². The lowest BCUT2D eigenvalue weighted by Gasteiger charge is -2.26. The van der Waals surface area contributed by atoms with E-state index in [1.807, 2.05) is 66.3 Å². The highest BCUT2D eigenvalue weighted by atomic mass is 16.5. The van der Waals surface area contributed by atoms with Crippen LogP contribution in [0.1, 0.15) is 33.9 Å². The van der Waals surface area contributed by atoms with Crippen molar-refractivity contribution in [3.8, 4) is 28.8 Å². The van der Waals surface area contributed by atoms with Crippen LogP contribution < -0.4 is 4.74 Å². The van der Waals surface area contributed by atoms with Gasteiger partial charge in [-0.3, -0.25) is 4.98 Å². The topological polar surface area (TPSA) is 83.0 Å². The molecule has 0 amide bonds. The number of ether oxygens (including phenoxy) is 1. The van der Waals surface area contributed by atoms with E-state index in [0.29, 0.717) is 23.2 Å². The maximum Gasteiger partial charge on any atom is 0.230 e. The van der Waals surface area contributed by atoms with E-state index >= 15 is 0 Å². The van der Waals surface area contributed by atoms with Gasteiger partial charge in [-0.1, -0.05) is 54.1 Å². The van der Waals surface area contributed by atoms with E-state index in [2.05, 4.69) is 35.1 Å². The van der Waals surface area contributed by atoms with Gasteiger partial charge in [-0.05, 0) is 37.6 Å². The first-order valence-electron chi connectivity index (χ1n) is 11.7. The first kappa shape index (κ1) is 20.5. The molecule has 0 fully saturated rings. The molecule has 1 aliphatic rings. The van der Waals surface area contributed by atoms with Crippen LogP contribution >= 0.6 is 0 Å². The van der Waals surface area contributed by atoms with Gasteiger partial charge in [0.2, 0.25) is 11.8 Å². The molecule has 0 bridgehead atoms. The molecule has 0 unspecified atom stereocenters. The molecule has 8 nitrogen and oxygen atoms in total. The summed E-state index contributed by atoms with van der Waals surface area (Å²) in [6.07, 6.45) is 5.31. The zero-order valence-electron chi connectivity index (χ0n) is 19.7. The summed E-state index contributed by atoms with van der Waals surface area (Å²) in [7, 11) is 0. The first-order chi connectivity index (χ1) is 17.7. The standard InChI is InChI=1S/C28H21N7O/c1-17-10-12-19(13-11-17)25-31-26-24-23(20-7-6-14-29-15-20)22-18(2)32-35(21-8-4-3-5-9-21)28(22)36-27(24)30-16-34(26)33-25/h3-16,23H,1-2H3/t23-/m0/s1. The van der Waals surface area contributed by atoms with Crippen molar-refractivity contribution in [2.24, 2.45) is 0 Å². The van der Waals surface area contributed by atoms with Crippen LogP contribution in [-0.4, -0.2) is 34.3 Å². The molecule has 36 heavy (non-hydrogen) atoms. The monoisotopic (exact) mass is 471 g/mol. The minimum absolute atomic E-state index is 0.221. The molecule has 8 heteroatoms. The van der Waals surface area contributed by atoms with Gasteiger partial charge < -0.3 is 4.74 Å². The fraction of sp³-hybridized carbons (Fsp3) is 0.107. The quantitative estimate of drug-likeness (QED) is 0.349. The Kier molecular flexibility index (Phi) is 4.47. The van der Waals surface area contributed by atoms with Crippen molar-refractivity contribution in [2.75, 3.05) is 0 Å². The molecule has 0 radical (unpaired) electrons. The van der Waals surface area contributed by atoms with Crippen molar-refractivity contribution >= 4 is 5.65 Å². The van der Waals surface area contributed by atoms with Crippen LogP contribution in [-0.2, 0) is 0 Å². The molecule has 7 rings (SSSR count). The Morgan fingerprint density at radius 2 is 1.69 bits per heavy atom. The highest BCUT2D eigenvalue weighted by Gasteiger charge is 2.38. The van der Waals surface area contributed by atoms with Crippen molar-refractivity contribution in [3.05, 3.63) is 113 Å². The average Bonchev–Trinajstić information content (AvgIpc) is 3.50. The third-order valence-electron chi connectivity index (χ3n) is 6.55. The van der Waals surface area contributed by atoms with Crippen molar-refractivity contribution in [1.29, 1.82) is 0 Å². The summed E-state index contributed by atoms with van der Waals surface area (Å²) >= 11 is 0. The third kappa shape index (κ3) is 3.11. The van der Waals surface area contributed by atoms with E-state index in [9.17, 15) is 0 Å². The lowest BCUT2D eigenvalue weighted by atomic mass is 9.85. The van der Waals surface area contributed by atoms with E-state index in [0.717, 1.165) is 33.6 Å². The molecule has 0 saturated heterocycles. The van der Waals surface area contributed by atoms with Gasteiger partial charge >= 0.3 is 0 Å². The third-order valence-corrected chi connectivity index (χ3v) is 6.55. The number of aryl methyl sites for hydroxylation is 2. The summed E-state index contributed by atoms with van der Waals surface area (Å²) < 4.78 is 10.0. The molecular weight excluding hydrogens is 450 g/mol. The molecule has 1 atom stereocenters. The minimum Gasteiger partial charge on any atom is -0.420 e. The minimum atomic E-state index is -0.221.